The molecule has 0 aliphatic heterocycles. The Labute approximate surface area is 123 Å². The third-order valence-corrected chi connectivity index (χ3v) is 2.56. The van der Waals surface area contributed by atoms with Crippen LogP contribution in [0.3, 0.4) is 0 Å². The van der Waals surface area contributed by atoms with E-state index in [1.165, 1.54) is 18.2 Å². The topological polar surface area (TPSA) is 128 Å². The zero-order valence-electron chi connectivity index (χ0n) is 11.9. The number of nitrogens with two attached hydrogens (primary N) is 1. The summed E-state index contributed by atoms with van der Waals surface area (Å²) < 4.78 is 30.7. The lowest BCUT2D eigenvalue weighted by atomic mass is 10.2. The molecule has 0 bridgehead atoms. The number of benzene rings is 1. The highest BCUT2D eigenvalue weighted by atomic mass is 32.2. The molecule has 4 N–H and O–H groups in total. The lowest BCUT2D eigenvalue weighted by molar-refractivity contribution is 0.0636. The fraction of sp³-hybridized carbons (Fsp3) is 0.417. The van der Waals surface area contributed by atoms with Crippen LogP contribution >= 0.6 is 0 Å². The highest BCUT2D eigenvalue weighted by Crippen LogP contribution is 2.23. The SMILES string of the molecule is CC(C)(C)OC(=O)Nc1ccc(COS(N)(=O)=O)c(O)c1. The Morgan fingerprint density at radius 2 is 2.00 bits per heavy atom. The van der Waals surface area contributed by atoms with Gasteiger partial charge in [-0.3, -0.25) is 9.50 Å². The van der Waals surface area contributed by atoms with Crippen molar-refractivity contribution in [3.05, 3.63) is 23.8 Å². The van der Waals surface area contributed by atoms with Crippen molar-refractivity contribution in [3.63, 3.8) is 0 Å². The maximum Gasteiger partial charge on any atom is 0.412 e. The molecule has 8 nitrogen and oxygen atoms in total. The molecule has 118 valence electrons. The van der Waals surface area contributed by atoms with Crippen LogP contribution in [-0.2, 0) is 25.8 Å². The molecule has 0 heterocycles. The third-order valence-electron chi connectivity index (χ3n) is 2.11. The zero-order chi connectivity index (χ0) is 16.3. The number of carbonyl (C=O) groups excluding carboxylic acids is 1. The van der Waals surface area contributed by atoms with E-state index < -0.39 is 28.6 Å². The van der Waals surface area contributed by atoms with Gasteiger partial charge in [-0.25, -0.2) is 9.93 Å². The van der Waals surface area contributed by atoms with Crippen molar-refractivity contribution >= 4 is 22.1 Å². The molecule has 0 aliphatic carbocycles. The second-order valence-corrected chi connectivity index (χ2v) is 6.45. The first-order chi connectivity index (χ1) is 9.46. The van der Waals surface area contributed by atoms with E-state index in [-0.39, 0.29) is 11.3 Å². The number of aromatic hydroxyl groups is 1. The number of nitrogens with one attached hydrogen (secondary N) is 1. The van der Waals surface area contributed by atoms with Gasteiger partial charge in [-0.2, -0.15) is 8.42 Å². The molecule has 0 saturated carbocycles. The van der Waals surface area contributed by atoms with Gasteiger partial charge in [-0.15, -0.1) is 0 Å². The van der Waals surface area contributed by atoms with E-state index in [0.717, 1.165) is 0 Å². The largest absolute Gasteiger partial charge is 0.508 e. The minimum absolute atomic E-state index is 0.207. The highest BCUT2D eigenvalue weighted by Gasteiger charge is 2.16. The van der Waals surface area contributed by atoms with Crippen LogP contribution in [0.25, 0.3) is 0 Å². The third kappa shape index (κ3) is 6.93. The maximum absolute atomic E-state index is 11.5. The predicted molar refractivity (Wildman–Crippen MR) is 75.9 cm³/mol. The van der Waals surface area contributed by atoms with Gasteiger partial charge in [0, 0.05) is 17.3 Å². The van der Waals surface area contributed by atoms with E-state index in [0.29, 0.717) is 5.69 Å². The summed E-state index contributed by atoms with van der Waals surface area (Å²) in [4.78, 5) is 11.5. The van der Waals surface area contributed by atoms with Crippen molar-refractivity contribution in [2.24, 2.45) is 5.14 Å². The molecule has 9 heteroatoms. The zero-order valence-corrected chi connectivity index (χ0v) is 12.7. The van der Waals surface area contributed by atoms with E-state index in [2.05, 4.69) is 14.6 Å². The van der Waals surface area contributed by atoms with Gasteiger partial charge in [0.1, 0.15) is 11.4 Å². The van der Waals surface area contributed by atoms with Crippen molar-refractivity contribution in [2.75, 3.05) is 5.32 Å². The number of phenols is 1. The summed E-state index contributed by atoms with van der Waals surface area (Å²) in [5, 5.41) is 16.8. The van der Waals surface area contributed by atoms with Gasteiger partial charge in [0.25, 0.3) is 0 Å². The standard InChI is InChI=1S/C12H18N2O6S/c1-12(2,3)20-11(16)14-9-5-4-8(10(15)6-9)7-19-21(13,17)18/h4-6,15H,7H2,1-3H3,(H,14,16)(H2,13,17,18). The summed E-state index contributed by atoms with van der Waals surface area (Å²) in [6.45, 7) is 4.75. The molecule has 0 aromatic heterocycles. The van der Waals surface area contributed by atoms with Crippen molar-refractivity contribution in [2.45, 2.75) is 33.0 Å². The van der Waals surface area contributed by atoms with Crippen LogP contribution in [0, 0.1) is 0 Å². The van der Waals surface area contributed by atoms with E-state index in [4.69, 9.17) is 4.74 Å². The lowest BCUT2D eigenvalue weighted by Crippen LogP contribution is -2.27. The van der Waals surface area contributed by atoms with Gasteiger partial charge in [0.15, 0.2) is 0 Å². The minimum atomic E-state index is -4.09. The summed E-state index contributed by atoms with van der Waals surface area (Å²) in [5.74, 6) is -0.243. The number of anilines is 1. The van der Waals surface area contributed by atoms with Crippen molar-refractivity contribution in [3.8, 4) is 5.75 Å². The van der Waals surface area contributed by atoms with Crippen LogP contribution in [0.15, 0.2) is 18.2 Å². The smallest absolute Gasteiger partial charge is 0.412 e. The van der Waals surface area contributed by atoms with E-state index in [9.17, 15) is 18.3 Å². The van der Waals surface area contributed by atoms with Crippen molar-refractivity contribution in [1.82, 2.24) is 0 Å². The second-order valence-electron chi connectivity index (χ2n) is 5.23. The molecule has 0 atom stereocenters. The van der Waals surface area contributed by atoms with Crippen LogP contribution in [0.2, 0.25) is 0 Å². The Morgan fingerprint density at radius 3 is 2.48 bits per heavy atom. The predicted octanol–water partition coefficient (Wildman–Crippen LogP) is 1.46. The monoisotopic (exact) mass is 318 g/mol. The molecule has 21 heavy (non-hydrogen) atoms. The fourth-order valence-electron chi connectivity index (χ4n) is 1.33. The highest BCUT2D eigenvalue weighted by molar-refractivity contribution is 7.84. The molecule has 0 unspecified atom stereocenters. The van der Waals surface area contributed by atoms with Crippen LogP contribution in [-0.4, -0.2) is 25.2 Å². The quantitative estimate of drug-likeness (QED) is 0.771. The average Bonchev–Trinajstić information content (AvgIpc) is 2.23. The molecule has 0 radical (unpaired) electrons. The molecule has 0 fully saturated rings. The summed E-state index contributed by atoms with van der Waals surface area (Å²) in [5.41, 5.74) is -0.144. The molecule has 0 spiro atoms. The Kier molecular flexibility index (Phi) is 5.15. The van der Waals surface area contributed by atoms with Gasteiger partial charge in [-0.1, -0.05) is 6.07 Å². The molecule has 1 aromatic carbocycles. The lowest BCUT2D eigenvalue weighted by Gasteiger charge is -2.19. The molecule has 1 amide bonds. The van der Waals surface area contributed by atoms with Crippen molar-refractivity contribution in [1.29, 1.82) is 0 Å². The van der Waals surface area contributed by atoms with E-state index >= 15 is 0 Å². The number of phenolic OH excluding ortho intramolecular Hbond substituents is 1. The van der Waals surface area contributed by atoms with Crippen LogP contribution in [0.1, 0.15) is 26.3 Å². The summed E-state index contributed by atoms with van der Waals surface area (Å²) >= 11 is 0. The van der Waals surface area contributed by atoms with E-state index in [1.54, 1.807) is 20.8 Å². The summed E-state index contributed by atoms with van der Waals surface area (Å²) in [6.07, 6.45) is -0.671. The number of carbonyl (C=O) groups is 1. The van der Waals surface area contributed by atoms with E-state index in [1.807, 2.05) is 0 Å². The Bertz CT molecular complexity index is 621. The first-order valence-corrected chi connectivity index (χ1v) is 7.42. The van der Waals surface area contributed by atoms with Gasteiger partial charge in [-0.05, 0) is 26.8 Å². The number of amides is 1. The van der Waals surface area contributed by atoms with Gasteiger partial charge < -0.3 is 9.84 Å². The summed E-state index contributed by atoms with van der Waals surface area (Å²) in [7, 11) is -4.09. The molecule has 0 saturated heterocycles. The molecule has 1 aromatic rings. The number of hydrogen-bond acceptors (Lipinski definition) is 6. The Morgan fingerprint density at radius 1 is 1.38 bits per heavy atom. The van der Waals surface area contributed by atoms with Gasteiger partial charge in [0.05, 0.1) is 6.61 Å². The number of hydrogen-bond donors (Lipinski definition) is 3. The summed E-state index contributed by atoms with van der Waals surface area (Å²) in [6, 6.07) is 4.10. The molecule has 1 rings (SSSR count). The fourth-order valence-corrected chi connectivity index (χ4v) is 1.62. The Hall–Kier alpha value is -1.84. The van der Waals surface area contributed by atoms with Crippen molar-refractivity contribution < 1.29 is 27.2 Å². The maximum atomic E-state index is 11.5. The van der Waals surface area contributed by atoms with Crippen LogP contribution in [0.4, 0.5) is 10.5 Å². The van der Waals surface area contributed by atoms with Gasteiger partial charge in [0.2, 0.25) is 0 Å². The second kappa shape index (κ2) is 6.29. The minimum Gasteiger partial charge on any atom is -0.508 e. The molecular weight excluding hydrogens is 300 g/mol. The van der Waals surface area contributed by atoms with Gasteiger partial charge >= 0.3 is 16.4 Å². The number of rotatable bonds is 4. The molecule has 0 aliphatic rings. The first-order valence-electron chi connectivity index (χ1n) is 5.95. The first kappa shape index (κ1) is 17.2. The Balaban J connectivity index is 2.72. The van der Waals surface area contributed by atoms with Crippen LogP contribution in [0.5, 0.6) is 5.75 Å². The van der Waals surface area contributed by atoms with Crippen LogP contribution < -0.4 is 10.5 Å². The number of ether oxygens (including phenoxy) is 1. The normalized spacial score (nSPS) is 12.0. The average molecular weight is 318 g/mol. The molecular formula is C12H18N2O6S.